The molecular formula is C33H29F3N6O4. The number of carboxylic acids is 1. The second kappa shape index (κ2) is 14.1. The fourth-order valence-corrected chi connectivity index (χ4v) is 5.12. The Morgan fingerprint density at radius 1 is 0.935 bits per heavy atom. The van der Waals surface area contributed by atoms with Crippen LogP contribution in [0, 0.1) is 5.92 Å². The normalized spacial score (nSPS) is 13.9. The summed E-state index contributed by atoms with van der Waals surface area (Å²) in [5.41, 5.74) is 5.52. The van der Waals surface area contributed by atoms with E-state index in [4.69, 9.17) is 14.9 Å². The van der Waals surface area contributed by atoms with E-state index in [1.807, 2.05) is 42.5 Å². The number of fused-ring (bicyclic) bond motifs is 1. The number of anilines is 1. The minimum Gasteiger partial charge on any atom is -0.475 e. The standard InChI is InChI=1S/C31H28N6O2.C2HF3O2/c38-29(36-31-33-14-4-15-34-31)24-12-17-37(18-13-24)20-21-7-9-23(10-8-21)28-25(22-5-2-1-3-6-22)19-26-27(35-28)11-16-32-30(26)39;3-2(4,5)1(6)7/h1-11,14-16,19,24H,12-13,17-18,20H2,(H,32,39)(H,33,34,36,38);(H,6,7). The van der Waals surface area contributed by atoms with Gasteiger partial charge in [0.05, 0.1) is 16.6 Å². The highest BCUT2D eigenvalue weighted by atomic mass is 19.4. The number of carbonyl (C=O) groups is 2. The lowest BCUT2D eigenvalue weighted by Crippen LogP contribution is -2.37. The van der Waals surface area contributed by atoms with E-state index >= 15 is 0 Å². The molecule has 0 unspecified atom stereocenters. The van der Waals surface area contributed by atoms with E-state index in [0.29, 0.717) is 16.9 Å². The third-order valence-corrected chi connectivity index (χ3v) is 7.47. The number of hydrogen-bond donors (Lipinski definition) is 3. The van der Waals surface area contributed by atoms with E-state index in [0.717, 1.165) is 54.9 Å². The second-order valence-corrected chi connectivity index (χ2v) is 10.6. The van der Waals surface area contributed by atoms with Gasteiger partial charge in [-0.1, -0.05) is 54.6 Å². The van der Waals surface area contributed by atoms with Crippen molar-refractivity contribution in [3.8, 4) is 22.4 Å². The first-order chi connectivity index (χ1) is 22.1. The highest BCUT2D eigenvalue weighted by Gasteiger charge is 2.38. The maximum atomic E-state index is 12.6. The van der Waals surface area contributed by atoms with Crippen molar-refractivity contribution in [1.82, 2.24) is 24.8 Å². The number of alkyl halides is 3. The molecule has 0 atom stereocenters. The predicted octanol–water partition coefficient (Wildman–Crippen LogP) is 5.53. The molecule has 3 N–H and O–H groups in total. The zero-order valence-electron chi connectivity index (χ0n) is 24.4. The molecule has 1 amide bonds. The monoisotopic (exact) mass is 630 g/mol. The zero-order valence-corrected chi connectivity index (χ0v) is 24.4. The number of nitrogens with one attached hydrogen (secondary N) is 2. The zero-order chi connectivity index (χ0) is 32.7. The van der Waals surface area contributed by atoms with Gasteiger partial charge in [0.25, 0.3) is 5.56 Å². The third kappa shape index (κ3) is 7.99. The number of carbonyl (C=O) groups excluding carboxylic acids is 1. The number of nitrogens with zero attached hydrogens (tertiary/aromatic N) is 4. The largest absolute Gasteiger partial charge is 0.490 e. The van der Waals surface area contributed by atoms with Gasteiger partial charge in [-0.15, -0.1) is 0 Å². The molecular weight excluding hydrogens is 601 g/mol. The molecule has 6 rings (SSSR count). The Morgan fingerprint density at radius 2 is 1.59 bits per heavy atom. The van der Waals surface area contributed by atoms with Gasteiger partial charge < -0.3 is 10.1 Å². The molecule has 1 saturated heterocycles. The van der Waals surface area contributed by atoms with Crippen LogP contribution < -0.4 is 10.9 Å². The van der Waals surface area contributed by atoms with E-state index in [1.165, 1.54) is 5.56 Å². The Morgan fingerprint density at radius 3 is 2.22 bits per heavy atom. The summed E-state index contributed by atoms with van der Waals surface area (Å²) >= 11 is 0. The SMILES string of the molecule is O=C(Nc1ncccn1)C1CCN(Cc2ccc(-c3nc4cc[nH]c(=O)c4cc3-c3ccccc3)cc2)CC1.O=C(O)C(F)(F)F. The lowest BCUT2D eigenvalue weighted by atomic mass is 9.95. The average Bonchev–Trinajstić information content (AvgIpc) is 3.06. The van der Waals surface area contributed by atoms with Gasteiger partial charge in [-0.3, -0.25) is 19.8 Å². The Kier molecular flexibility index (Phi) is 9.82. The van der Waals surface area contributed by atoms with Crippen LogP contribution in [0.25, 0.3) is 33.3 Å². The van der Waals surface area contributed by atoms with Crippen molar-refractivity contribution in [2.45, 2.75) is 25.6 Å². The molecule has 1 aliphatic rings. The predicted molar refractivity (Wildman–Crippen MR) is 166 cm³/mol. The van der Waals surface area contributed by atoms with Crippen LogP contribution in [0.2, 0.25) is 0 Å². The number of hydrogen-bond acceptors (Lipinski definition) is 7. The Hall–Kier alpha value is -5.43. The molecule has 3 aromatic heterocycles. The topological polar surface area (TPSA) is 141 Å². The number of aromatic amines is 1. The molecule has 0 aliphatic carbocycles. The number of benzene rings is 2. The molecule has 0 radical (unpaired) electrons. The van der Waals surface area contributed by atoms with Crippen molar-refractivity contribution in [3.63, 3.8) is 0 Å². The number of amides is 1. The van der Waals surface area contributed by atoms with Crippen molar-refractivity contribution in [3.05, 3.63) is 107 Å². The fraction of sp³-hybridized carbons (Fsp3) is 0.212. The van der Waals surface area contributed by atoms with Crippen LogP contribution in [-0.2, 0) is 16.1 Å². The van der Waals surface area contributed by atoms with Gasteiger partial charge in [-0.2, -0.15) is 13.2 Å². The number of rotatable bonds is 6. The number of pyridine rings is 2. The first-order valence-electron chi connectivity index (χ1n) is 14.4. The molecule has 0 bridgehead atoms. The van der Waals surface area contributed by atoms with Crippen LogP contribution in [0.4, 0.5) is 19.1 Å². The molecule has 5 aromatic rings. The highest BCUT2D eigenvalue weighted by molar-refractivity contribution is 5.91. The fourth-order valence-electron chi connectivity index (χ4n) is 5.12. The van der Waals surface area contributed by atoms with Crippen molar-refractivity contribution in [2.75, 3.05) is 18.4 Å². The van der Waals surface area contributed by atoms with Gasteiger partial charge in [-0.25, -0.2) is 19.7 Å². The molecule has 236 valence electrons. The summed E-state index contributed by atoms with van der Waals surface area (Å²) in [6, 6.07) is 24.0. The minimum absolute atomic E-state index is 0.00991. The molecule has 46 heavy (non-hydrogen) atoms. The van der Waals surface area contributed by atoms with Crippen LogP contribution in [0.5, 0.6) is 0 Å². The lowest BCUT2D eigenvalue weighted by molar-refractivity contribution is -0.192. The molecule has 13 heteroatoms. The first-order valence-corrected chi connectivity index (χ1v) is 14.4. The molecule has 4 heterocycles. The molecule has 0 saturated carbocycles. The van der Waals surface area contributed by atoms with E-state index < -0.39 is 12.1 Å². The quantitative estimate of drug-likeness (QED) is 0.222. The summed E-state index contributed by atoms with van der Waals surface area (Å²) in [5.74, 6) is -2.44. The molecule has 1 aliphatic heterocycles. The Balaban J connectivity index is 0.000000537. The number of aromatic nitrogens is 4. The maximum absolute atomic E-state index is 12.6. The number of piperidine rings is 1. The second-order valence-electron chi connectivity index (χ2n) is 10.6. The molecule has 1 fully saturated rings. The van der Waals surface area contributed by atoms with Crippen LogP contribution in [-0.4, -0.2) is 61.1 Å². The van der Waals surface area contributed by atoms with Gasteiger partial charge >= 0.3 is 12.1 Å². The third-order valence-electron chi connectivity index (χ3n) is 7.47. The van der Waals surface area contributed by atoms with Crippen molar-refractivity contribution in [2.24, 2.45) is 5.92 Å². The number of likely N-dealkylation sites (tertiary alicyclic amines) is 1. The number of halogens is 3. The van der Waals surface area contributed by atoms with Gasteiger partial charge in [0, 0.05) is 42.2 Å². The van der Waals surface area contributed by atoms with E-state index in [-0.39, 0.29) is 17.4 Å². The van der Waals surface area contributed by atoms with E-state index in [2.05, 4.69) is 49.4 Å². The van der Waals surface area contributed by atoms with Crippen LogP contribution >= 0.6 is 0 Å². The van der Waals surface area contributed by atoms with Crippen LogP contribution in [0.1, 0.15) is 18.4 Å². The van der Waals surface area contributed by atoms with Crippen molar-refractivity contribution in [1.29, 1.82) is 0 Å². The molecule has 2 aromatic carbocycles. The Labute approximate surface area is 261 Å². The van der Waals surface area contributed by atoms with Crippen molar-refractivity contribution < 1.29 is 27.9 Å². The summed E-state index contributed by atoms with van der Waals surface area (Å²) < 4.78 is 31.7. The summed E-state index contributed by atoms with van der Waals surface area (Å²) in [4.78, 5) is 52.2. The van der Waals surface area contributed by atoms with Gasteiger partial charge in [0.1, 0.15) is 0 Å². The van der Waals surface area contributed by atoms with Gasteiger partial charge in [0.2, 0.25) is 11.9 Å². The first kappa shape index (κ1) is 32.0. The minimum atomic E-state index is -5.08. The van der Waals surface area contributed by atoms with Crippen molar-refractivity contribution >= 4 is 28.7 Å². The number of H-pyrrole nitrogens is 1. The summed E-state index contributed by atoms with van der Waals surface area (Å²) in [5, 5.41) is 10.5. The lowest BCUT2D eigenvalue weighted by Gasteiger charge is -2.31. The van der Waals surface area contributed by atoms with Gasteiger partial charge in [0.15, 0.2) is 0 Å². The van der Waals surface area contributed by atoms with Gasteiger partial charge in [-0.05, 0) is 55.3 Å². The number of carboxylic acid groups (broad SMARTS) is 1. The van der Waals surface area contributed by atoms with E-state index in [1.54, 1.807) is 24.7 Å². The average molecular weight is 631 g/mol. The maximum Gasteiger partial charge on any atom is 0.490 e. The molecule has 10 nitrogen and oxygen atoms in total. The number of aliphatic carboxylic acids is 1. The molecule has 0 spiro atoms. The summed E-state index contributed by atoms with van der Waals surface area (Å²) in [6.07, 6.45) is 1.40. The van der Waals surface area contributed by atoms with Crippen LogP contribution in [0.15, 0.2) is 96.2 Å². The van der Waals surface area contributed by atoms with E-state index in [9.17, 15) is 22.8 Å². The summed E-state index contributed by atoms with van der Waals surface area (Å²) in [7, 11) is 0. The smallest absolute Gasteiger partial charge is 0.475 e. The Bertz CT molecular complexity index is 1860. The summed E-state index contributed by atoms with van der Waals surface area (Å²) in [6.45, 7) is 2.53. The van der Waals surface area contributed by atoms with Crippen LogP contribution in [0.3, 0.4) is 0 Å². The highest BCUT2D eigenvalue weighted by Crippen LogP contribution is 2.33.